The van der Waals surface area contributed by atoms with E-state index < -0.39 is 0 Å². The van der Waals surface area contributed by atoms with E-state index in [9.17, 15) is 4.79 Å². The van der Waals surface area contributed by atoms with Crippen LogP contribution < -0.4 is 15.0 Å². The second kappa shape index (κ2) is 8.45. The molecule has 0 fully saturated rings. The van der Waals surface area contributed by atoms with Crippen molar-refractivity contribution in [3.05, 3.63) is 77.6 Å². The molecule has 0 unspecified atom stereocenters. The van der Waals surface area contributed by atoms with Gasteiger partial charge in [0.1, 0.15) is 5.75 Å². The van der Waals surface area contributed by atoms with Crippen LogP contribution in [0.4, 0.5) is 17.1 Å². The molecular weight excluding hydrogens is 378 g/mol. The number of anilines is 3. The first-order valence-electron chi connectivity index (χ1n) is 9.90. The van der Waals surface area contributed by atoms with Crippen LogP contribution in [-0.4, -0.2) is 38.3 Å². The lowest BCUT2D eigenvalue weighted by atomic mass is 10.0. The number of hydrogen-bond acceptors (Lipinski definition) is 6. The Hall–Kier alpha value is -3.54. The monoisotopic (exact) mass is 403 g/mol. The maximum Gasteiger partial charge on any atom is 0.340 e. The maximum absolute atomic E-state index is 11.9. The zero-order valence-corrected chi connectivity index (χ0v) is 17.4. The summed E-state index contributed by atoms with van der Waals surface area (Å²) < 4.78 is 10.8. The van der Waals surface area contributed by atoms with Crippen molar-refractivity contribution in [1.82, 2.24) is 4.98 Å². The molecule has 0 spiro atoms. The number of nitrogens with zero attached hydrogens (tertiary/aromatic N) is 2. The number of carbonyl (C=O) groups is 1. The summed E-state index contributed by atoms with van der Waals surface area (Å²) >= 11 is 0. The third-order valence-electron chi connectivity index (χ3n) is 5.45. The number of rotatable bonds is 6. The van der Waals surface area contributed by atoms with Crippen LogP contribution in [0.25, 0.3) is 0 Å². The van der Waals surface area contributed by atoms with E-state index in [1.807, 2.05) is 0 Å². The van der Waals surface area contributed by atoms with E-state index in [1.54, 1.807) is 18.5 Å². The Labute approximate surface area is 176 Å². The first kappa shape index (κ1) is 19.8. The van der Waals surface area contributed by atoms with E-state index >= 15 is 0 Å². The Morgan fingerprint density at radius 3 is 2.73 bits per heavy atom. The standard InChI is InChI=1S/C24H25N3O3/c1-16-4-6-18(7-5-16)27(2)19-8-9-20-17(15-30-23(20)12-19)13-26-22-14-25-11-10-21(22)24(28)29-3/h4-12,14,17,26H,13,15H2,1-3H3/t17-/m0/s1. The fourth-order valence-corrected chi connectivity index (χ4v) is 3.62. The van der Waals surface area contributed by atoms with E-state index in [1.165, 1.54) is 12.7 Å². The highest BCUT2D eigenvalue weighted by atomic mass is 16.5. The number of aryl methyl sites for hydroxylation is 1. The average Bonchev–Trinajstić information content (AvgIpc) is 3.19. The summed E-state index contributed by atoms with van der Waals surface area (Å²) in [4.78, 5) is 18.2. The van der Waals surface area contributed by atoms with Crippen molar-refractivity contribution in [2.75, 3.05) is 37.5 Å². The average molecular weight is 403 g/mol. The molecule has 1 aromatic heterocycles. The van der Waals surface area contributed by atoms with Gasteiger partial charge in [-0.15, -0.1) is 0 Å². The molecule has 6 nitrogen and oxygen atoms in total. The Bertz CT molecular complexity index is 1050. The zero-order chi connectivity index (χ0) is 21.1. The van der Waals surface area contributed by atoms with Crippen LogP contribution in [0, 0.1) is 6.92 Å². The topological polar surface area (TPSA) is 63.7 Å². The Balaban J connectivity index is 1.48. The second-order valence-electron chi connectivity index (χ2n) is 7.42. The molecule has 0 saturated heterocycles. The lowest BCUT2D eigenvalue weighted by molar-refractivity contribution is 0.0601. The minimum atomic E-state index is -0.383. The minimum absolute atomic E-state index is 0.185. The molecule has 154 valence electrons. The number of aromatic nitrogens is 1. The van der Waals surface area contributed by atoms with Crippen LogP contribution in [0.3, 0.4) is 0 Å². The minimum Gasteiger partial charge on any atom is -0.493 e. The SMILES string of the molecule is COC(=O)c1ccncc1NC[C@H]1COc2cc(N(C)c3ccc(C)cc3)ccc21. The molecule has 1 aliphatic rings. The number of hydrogen-bond donors (Lipinski definition) is 1. The van der Waals surface area contributed by atoms with E-state index in [-0.39, 0.29) is 11.9 Å². The lowest BCUT2D eigenvalue weighted by Crippen LogP contribution is -2.16. The molecule has 0 aliphatic carbocycles. The maximum atomic E-state index is 11.9. The number of ether oxygens (including phenoxy) is 2. The summed E-state index contributed by atoms with van der Waals surface area (Å²) in [5.41, 5.74) is 5.74. The Morgan fingerprint density at radius 1 is 1.20 bits per heavy atom. The van der Waals surface area contributed by atoms with E-state index in [0.29, 0.717) is 24.4 Å². The zero-order valence-electron chi connectivity index (χ0n) is 17.4. The van der Waals surface area contributed by atoms with Crippen LogP contribution in [-0.2, 0) is 4.74 Å². The number of esters is 1. The van der Waals surface area contributed by atoms with Gasteiger partial charge in [0.2, 0.25) is 0 Å². The molecule has 1 aliphatic heterocycles. The smallest absolute Gasteiger partial charge is 0.340 e. The quantitative estimate of drug-likeness (QED) is 0.610. The fraction of sp³-hybridized carbons (Fsp3) is 0.250. The molecule has 2 heterocycles. The van der Waals surface area contributed by atoms with Gasteiger partial charge in [-0.25, -0.2) is 4.79 Å². The number of pyridine rings is 1. The van der Waals surface area contributed by atoms with Crippen molar-refractivity contribution in [3.63, 3.8) is 0 Å². The predicted octanol–water partition coefficient (Wildman–Crippen LogP) is 4.53. The van der Waals surface area contributed by atoms with Crippen LogP contribution in [0.5, 0.6) is 5.75 Å². The number of carbonyl (C=O) groups excluding carboxylic acids is 1. The number of fused-ring (bicyclic) bond motifs is 1. The molecule has 6 heteroatoms. The van der Waals surface area contributed by atoms with Gasteiger partial charge >= 0.3 is 5.97 Å². The van der Waals surface area contributed by atoms with Crippen molar-refractivity contribution >= 4 is 23.0 Å². The van der Waals surface area contributed by atoms with Crippen molar-refractivity contribution in [2.24, 2.45) is 0 Å². The highest BCUT2D eigenvalue weighted by Crippen LogP contribution is 2.38. The number of nitrogens with one attached hydrogen (secondary N) is 1. The molecule has 1 atom stereocenters. The van der Waals surface area contributed by atoms with Crippen molar-refractivity contribution in [3.8, 4) is 5.75 Å². The normalized spacial score (nSPS) is 14.6. The summed E-state index contributed by atoms with van der Waals surface area (Å²) in [5, 5.41) is 3.33. The van der Waals surface area contributed by atoms with Crippen LogP contribution in [0.15, 0.2) is 60.9 Å². The van der Waals surface area contributed by atoms with E-state index in [4.69, 9.17) is 9.47 Å². The molecule has 4 rings (SSSR count). The van der Waals surface area contributed by atoms with Gasteiger partial charge in [0.25, 0.3) is 0 Å². The molecule has 3 aromatic rings. The predicted molar refractivity (Wildman–Crippen MR) is 118 cm³/mol. The van der Waals surface area contributed by atoms with Crippen molar-refractivity contribution in [1.29, 1.82) is 0 Å². The summed E-state index contributed by atoms with van der Waals surface area (Å²) in [6.45, 7) is 3.31. The van der Waals surface area contributed by atoms with Gasteiger partial charge in [-0.3, -0.25) is 4.98 Å². The fourth-order valence-electron chi connectivity index (χ4n) is 3.62. The molecule has 30 heavy (non-hydrogen) atoms. The number of benzene rings is 2. The van der Waals surface area contributed by atoms with E-state index in [2.05, 4.69) is 71.6 Å². The third kappa shape index (κ3) is 3.94. The Kier molecular flexibility index (Phi) is 5.57. The van der Waals surface area contributed by atoms with Crippen molar-refractivity contribution < 1.29 is 14.3 Å². The molecular formula is C24H25N3O3. The van der Waals surface area contributed by atoms with Crippen molar-refractivity contribution in [2.45, 2.75) is 12.8 Å². The van der Waals surface area contributed by atoms with Gasteiger partial charge in [-0.05, 0) is 31.2 Å². The van der Waals surface area contributed by atoms with Crippen LogP contribution in [0.2, 0.25) is 0 Å². The van der Waals surface area contributed by atoms with Crippen LogP contribution >= 0.6 is 0 Å². The molecule has 1 N–H and O–H groups in total. The first-order valence-corrected chi connectivity index (χ1v) is 9.90. The summed E-state index contributed by atoms with van der Waals surface area (Å²) in [6.07, 6.45) is 3.22. The van der Waals surface area contributed by atoms with Gasteiger partial charge in [0, 0.05) is 48.7 Å². The van der Waals surface area contributed by atoms with Gasteiger partial charge in [-0.2, -0.15) is 0 Å². The lowest BCUT2D eigenvalue weighted by Gasteiger charge is -2.20. The van der Waals surface area contributed by atoms with E-state index in [0.717, 1.165) is 22.7 Å². The third-order valence-corrected chi connectivity index (χ3v) is 5.45. The summed E-state index contributed by atoms with van der Waals surface area (Å²) in [7, 11) is 3.43. The summed E-state index contributed by atoms with van der Waals surface area (Å²) in [6, 6.07) is 16.4. The number of methoxy groups -OCH3 is 1. The largest absolute Gasteiger partial charge is 0.493 e. The highest BCUT2D eigenvalue weighted by Gasteiger charge is 2.25. The van der Waals surface area contributed by atoms with Gasteiger partial charge < -0.3 is 19.7 Å². The highest BCUT2D eigenvalue weighted by molar-refractivity contribution is 5.95. The Morgan fingerprint density at radius 2 is 1.97 bits per heavy atom. The molecule has 0 saturated carbocycles. The molecule has 0 amide bonds. The molecule has 0 bridgehead atoms. The molecule has 2 aromatic carbocycles. The van der Waals surface area contributed by atoms with Gasteiger partial charge in [-0.1, -0.05) is 23.8 Å². The van der Waals surface area contributed by atoms with Gasteiger partial charge in [0.05, 0.1) is 31.2 Å². The van der Waals surface area contributed by atoms with Crippen LogP contribution in [0.1, 0.15) is 27.4 Å². The first-order chi connectivity index (χ1) is 14.6. The molecule has 0 radical (unpaired) electrons. The van der Waals surface area contributed by atoms with Gasteiger partial charge in [0.15, 0.2) is 0 Å². The second-order valence-corrected chi connectivity index (χ2v) is 7.42. The summed E-state index contributed by atoms with van der Waals surface area (Å²) in [5.74, 6) is 0.703.